The van der Waals surface area contributed by atoms with Gasteiger partial charge in [0.1, 0.15) is 36.6 Å². The van der Waals surface area contributed by atoms with Gasteiger partial charge < -0.3 is 49.3 Å². The molecule has 1 aliphatic rings. The van der Waals surface area contributed by atoms with Crippen LogP contribution in [0.15, 0.2) is 0 Å². The summed E-state index contributed by atoms with van der Waals surface area (Å²) in [7, 11) is -19.1. The second-order valence-electron chi connectivity index (χ2n) is 25.2. The summed E-state index contributed by atoms with van der Waals surface area (Å²) in [5.41, 5.74) is 0. The van der Waals surface area contributed by atoms with E-state index in [2.05, 4.69) is 177 Å². The monoisotopic (exact) mass is 992 g/mol. The van der Waals surface area contributed by atoms with Crippen LogP contribution in [0.1, 0.15) is 0 Å². The van der Waals surface area contributed by atoms with Gasteiger partial charge in [-0.25, -0.2) is 0 Å². The van der Waals surface area contributed by atoms with E-state index in [4.69, 9.17) is 49.3 Å². The fourth-order valence-electron chi connectivity index (χ4n) is 6.29. The van der Waals surface area contributed by atoms with Crippen molar-refractivity contribution in [2.24, 2.45) is 0 Å². The summed E-state index contributed by atoms with van der Waals surface area (Å²) in [6.07, 6.45) is -4.60. The van der Waals surface area contributed by atoms with E-state index in [-0.39, 0.29) is 6.10 Å². The molecule has 0 amide bonds. The van der Waals surface area contributed by atoms with Crippen molar-refractivity contribution < 1.29 is 49.3 Å². The lowest BCUT2D eigenvalue weighted by Gasteiger charge is -2.46. The van der Waals surface area contributed by atoms with Crippen LogP contribution in [0.25, 0.3) is 0 Å². The fraction of sp³-hybridized carbons (Fsp3) is 1.00. The molecule has 9 atom stereocenters. The highest BCUT2D eigenvalue weighted by Gasteiger charge is 2.55. The number of rotatable bonds is 27. The maximum absolute atomic E-state index is 7.63. The Hall–Kier alpha value is 1.51. The van der Waals surface area contributed by atoms with Gasteiger partial charge in [0, 0.05) is 0 Å². The Morgan fingerprint density at radius 3 is 1.05 bits per heavy atom. The van der Waals surface area contributed by atoms with E-state index < -0.39 is 124 Å². The smallest absolute Gasteiger partial charge is 0.187 e. The molecule has 1 aliphatic heterocycles. The van der Waals surface area contributed by atoms with Crippen LogP contribution in [0.3, 0.4) is 0 Å². The first-order valence-electron chi connectivity index (χ1n) is 22.1. The predicted molar refractivity (Wildman–Crippen MR) is 271 cm³/mol. The van der Waals surface area contributed by atoms with Crippen LogP contribution < -0.4 is 0 Å². The third kappa shape index (κ3) is 26.9. The second-order valence-corrected chi connectivity index (χ2v) is 65.5. The van der Waals surface area contributed by atoms with Crippen molar-refractivity contribution in [1.29, 1.82) is 0 Å². The van der Waals surface area contributed by atoms with Gasteiger partial charge in [0.2, 0.25) is 0 Å². The van der Waals surface area contributed by atoms with Crippen LogP contribution in [0.2, 0.25) is 177 Å². The minimum absolute atomic E-state index is 0.307. The van der Waals surface area contributed by atoms with Crippen molar-refractivity contribution in [3.05, 3.63) is 0 Å². The van der Waals surface area contributed by atoms with Gasteiger partial charge in [0.05, 0.1) is 32.0 Å². The van der Waals surface area contributed by atoms with Crippen molar-refractivity contribution in [3.8, 4) is 0 Å². The van der Waals surface area contributed by atoms with Gasteiger partial charge in [-0.05, 0) is 177 Å². The Labute approximate surface area is 373 Å². The summed E-state index contributed by atoms with van der Waals surface area (Å²) >= 11 is 0. The molecule has 9 unspecified atom stereocenters. The molecular weight excluding hydrogens is 897 g/mol. The molecule has 1 saturated heterocycles. The summed E-state index contributed by atoms with van der Waals surface area (Å²) in [4.78, 5) is 0. The van der Waals surface area contributed by atoms with Crippen molar-refractivity contribution in [2.75, 3.05) is 19.8 Å². The molecule has 0 aromatic rings. The van der Waals surface area contributed by atoms with Gasteiger partial charge in [-0.2, -0.15) is 0 Å². The minimum Gasteiger partial charge on any atom is -0.415 e. The number of hydrogen-bond donors (Lipinski definition) is 0. The zero-order chi connectivity index (χ0) is 46.6. The molecule has 0 bridgehead atoms. The molecule has 59 heavy (non-hydrogen) atoms. The van der Waals surface area contributed by atoms with Crippen LogP contribution >= 0.6 is 0 Å². The van der Waals surface area contributed by atoms with E-state index in [1.54, 1.807) is 0 Å². The average molecular weight is 994 g/mol. The highest BCUT2D eigenvalue weighted by molar-refractivity contribution is 6.72. The highest BCUT2D eigenvalue weighted by atomic mass is 28.4. The van der Waals surface area contributed by atoms with E-state index in [9.17, 15) is 0 Å². The minimum atomic E-state index is -2.28. The summed E-state index contributed by atoms with van der Waals surface area (Å²) in [5.74, 6) is 0. The third-order valence-corrected chi connectivity index (χ3v) is 16.9. The first kappa shape index (κ1) is 58.5. The Morgan fingerprint density at radius 1 is 0.356 bits per heavy atom. The summed E-state index contributed by atoms with van der Waals surface area (Å²) in [6.45, 7) is 60.9. The molecule has 0 N–H and O–H groups in total. The number of hydrogen-bond acceptors (Lipinski definition) is 11. The van der Waals surface area contributed by atoms with Crippen molar-refractivity contribution >= 4 is 74.9 Å². The van der Waals surface area contributed by atoms with Gasteiger partial charge >= 0.3 is 0 Å². The van der Waals surface area contributed by atoms with E-state index in [0.29, 0.717) is 19.8 Å². The zero-order valence-corrected chi connectivity index (χ0v) is 52.3. The Balaban J connectivity index is 4.29. The van der Waals surface area contributed by atoms with Gasteiger partial charge in [0.25, 0.3) is 0 Å². The summed E-state index contributed by atoms with van der Waals surface area (Å²) < 4.78 is 78.0. The molecule has 1 rings (SSSR count). The maximum atomic E-state index is 7.63. The number of ether oxygens (including phenoxy) is 2. The molecule has 20 heteroatoms. The molecule has 1 fully saturated rings. The van der Waals surface area contributed by atoms with Gasteiger partial charge in [0.15, 0.2) is 81.1 Å². The lowest BCUT2D eigenvalue weighted by molar-refractivity contribution is -0.191. The molecule has 0 spiro atoms. The third-order valence-electron chi connectivity index (χ3n) is 7.95. The first-order chi connectivity index (χ1) is 25.8. The van der Waals surface area contributed by atoms with Crippen molar-refractivity contribution in [3.63, 3.8) is 0 Å². The predicted octanol–water partition coefficient (Wildman–Crippen LogP) is 11.0. The van der Waals surface area contributed by atoms with Gasteiger partial charge in [-0.15, -0.1) is 0 Å². The van der Waals surface area contributed by atoms with E-state index in [1.165, 1.54) is 0 Å². The lowest BCUT2D eigenvalue weighted by atomic mass is 10.0. The van der Waals surface area contributed by atoms with Gasteiger partial charge in [-0.3, -0.25) is 0 Å². The van der Waals surface area contributed by atoms with E-state index in [1.807, 2.05) is 0 Å². The standard InChI is InChI=1S/C39H96O11Si9/c1-51(2,3)40-28-31(34-37(48-57(19,20)21)38(49-58(22,23)24)39(44-34)50-59(25,26)27)43-32(29-41-52(4,5)6)35(46-55(13,14)15)36(47-56(16,17)18)33(45-54(10,11)12)30-42-53(7,8)9/h31-39H,28-30H2,1-27H3. The van der Waals surface area contributed by atoms with Crippen molar-refractivity contribution in [2.45, 2.75) is 232 Å². The van der Waals surface area contributed by atoms with E-state index in [0.717, 1.165) is 0 Å². The van der Waals surface area contributed by atoms with Crippen molar-refractivity contribution in [1.82, 2.24) is 0 Å². The Kier molecular flexibility index (Phi) is 21.7. The van der Waals surface area contributed by atoms with Crippen LogP contribution in [0.5, 0.6) is 0 Å². The molecule has 0 aromatic carbocycles. The van der Waals surface area contributed by atoms with E-state index >= 15 is 0 Å². The molecule has 0 aromatic heterocycles. The SMILES string of the molecule is C[Si](C)(C)OCC(OC(CO[Si](C)(C)C)C1OC(O[Si](C)(C)C)C(O[Si](C)(C)C)C1O[Si](C)(C)C)C(O[Si](C)(C)C)C(O[Si](C)(C)C)C(CO[Si](C)(C)C)O[Si](C)(C)C. The molecular formula is C39H96O11Si9. The first-order valence-corrected chi connectivity index (χ1v) is 52.8. The molecule has 354 valence electrons. The summed E-state index contributed by atoms with van der Waals surface area (Å²) in [5, 5.41) is 0. The van der Waals surface area contributed by atoms with Crippen LogP contribution in [-0.2, 0) is 49.3 Å². The topological polar surface area (TPSA) is 102 Å². The molecule has 0 aliphatic carbocycles. The largest absolute Gasteiger partial charge is 0.415 e. The molecule has 0 saturated carbocycles. The van der Waals surface area contributed by atoms with Gasteiger partial charge in [-0.1, -0.05) is 0 Å². The maximum Gasteiger partial charge on any atom is 0.187 e. The molecule has 11 nitrogen and oxygen atoms in total. The molecule has 0 radical (unpaired) electrons. The summed E-state index contributed by atoms with van der Waals surface area (Å²) in [6, 6.07) is 0. The molecule has 1 heterocycles. The fourth-order valence-corrected chi connectivity index (χ4v) is 14.6. The normalized spacial score (nSPS) is 23.6. The average Bonchev–Trinajstić information content (AvgIpc) is 3.21. The van der Waals surface area contributed by atoms with Crippen LogP contribution in [0, 0.1) is 0 Å². The van der Waals surface area contributed by atoms with Crippen LogP contribution in [-0.4, -0.2) is 150 Å². The quantitative estimate of drug-likeness (QED) is 0.0735. The highest BCUT2D eigenvalue weighted by Crippen LogP contribution is 2.37. The zero-order valence-electron chi connectivity index (χ0n) is 43.3. The Morgan fingerprint density at radius 2 is 0.695 bits per heavy atom. The Bertz CT molecular complexity index is 1240. The lowest BCUT2D eigenvalue weighted by Crippen LogP contribution is -2.61. The van der Waals surface area contributed by atoms with Crippen LogP contribution in [0.4, 0.5) is 0 Å². The second kappa shape index (κ2) is 21.9.